The summed E-state index contributed by atoms with van der Waals surface area (Å²) in [6.45, 7) is 0.308. The minimum absolute atomic E-state index is 0.0620. The van der Waals surface area contributed by atoms with Crippen molar-refractivity contribution in [3.8, 4) is 5.75 Å². The van der Waals surface area contributed by atoms with Crippen LogP contribution >= 0.6 is 0 Å². The monoisotopic (exact) mass is 408 g/mol. The number of nitrogens with one attached hydrogen (secondary N) is 2. The van der Waals surface area contributed by atoms with Crippen LogP contribution in [0.5, 0.6) is 5.75 Å². The molecule has 3 aromatic rings. The van der Waals surface area contributed by atoms with Crippen molar-refractivity contribution in [3.05, 3.63) is 59.4 Å². The summed E-state index contributed by atoms with van der Waals surface area (Å²) in [6, 6.07) is 12.8. The van der Waals surface area contributed by atoms with Gasteiger partial charge in [-0.1, -0.05) is 12.1 Å². The van der Waals surface area contributed by atoms with Gasteiger partial charge in [0.15, 0.2) is 6.61 Å². The molecule has 4 rings (SSSR count). The van der Waals surface area contributed by atoms with Gasteiger partial charge in [-0.05, 0) is 55.2 Å². The molecule has 0 radical (unpaired) electrons. The Morgan fingerprint density at radius 3 is 2.67 bits per heavy atom. The summed E-state index contributed by atoms with van der Waals surface area (Å²) >= 11 is 0. The molecule has 0 bridgehead atoms. The number of carbonyl (C=O) groups is 2. The zero-order valence-corrected chi connectivity index (χ0v) is 16.8. The van der Waals surface area contributed by atoms with Gasteiger partial charge in [0.1, 0.15) is 17.1 Å². The summed E-state index contributed by atoms with van der Waals surface area (Å²) in [5.41, 5.74) is 3.68. The van der Waals surface area contributed by atoms with Gasteiger partial charge in [-0.25, -0.2) is 4.79 Å². The van der Waals surface area contributed by atoms with E-state index in [1.165, 1.54) is 25.5 Å². The van der Waals surface area contributed by atoms with Crippen molar-refractivity contribution in [1.82, 2.24) is 5.32 Å². The number of hydrogen-bond donors (Lipinski definition) is 2. The van der Waals surface area contributed by atoms with Crippen LogP contribution in [0, 0.1) is 0 Å². The molecular formula is C23H24N2O5. The van der Waals surface area contributed by atoms with E-state index in [4.69, 9.17) is 9.15 Å². The first-order valence-electron chi connectivity index (χ1n) is 10.00. The van der Waals surface area contributed by atoms with Crippen molar-refractivity contribution >= 4 is 28.7 Å². The Labute approximate surface area is 174 Å². The number of methoxy groups -OCH3 is 1. The van der Waals surface area contributed by atoms with E-state index in [0.717, 1.165) is 35.1 Å². The first kappa shape index (κ1) is 19.8. The predicted molar refractivity (Wildman–Crippen MR) is 113 cm³/mol. The van der Waals surface area contributed by atoms with Crippen LogP contribution in [0.4, 0.5) is 10.5 Å². The van der Waals surface area contributed by atoms with Crippen LogP contribution < -0.4 is 15.4 Å². The van der Waals surface area contributed by atoms with Crippen LogP contribution in [0.1, 0.15) is 29.7 Å². The Bertz CT molecular complexity index is 1060. The third-order valence-corrected chi connectivity index (χ3v) is 5.17. The van der Waals surface area contributed by atoms with Crippen LogP contribution in [0.3, 0.4) is 0 Å². The van der Waals surface area contributed by atoms with Crippen LogP contribution in [-0.4, -0.2) is 25.7 Å². The van der Waals surface area contributed by atoms with Gasteiger partial charge in [0.05, 0.1) is 7.11 Å². The van der Waals surface area contributed by atoms with Gasteiger partial charge in [-0.2, -0.15) is 0 Å². The summed E-state index contributed by atoms with van der Waals surface area (Å²) in [6.07, 6.45) is 3.83. The van der Waals surface area contributed by atoms with Gasteiger partial charge in [-0.15, -0.1) is 0 Å². The average Bonchev–Trinajstić information content (AvgIpc) is 3.15. The number of fused-ring (bicyclic) bond motifs is 3. The summed E-state index contributed by atoms with van der Waals surface area (Å²) in [4.78, 5) is 23.3. The zero-order valence-electron chi connectivity index (χ0n) is 16.8. The Hall–Kier alpha value is -3.48. The van der Waals surface area contributed by atoms with E-state index >= 15 is 0 Å². The number of benzene rings is 2. The molecule has 0 saturated heterocycles. The maximum atomic E-state index is 12.2. The molecule has 0 spiro atoms. The smallest absolute Gasteiger partial charge is 0.411 e. The van der Waals surface area contributed by atoms with Crippen molar-refractivity contribution < 1.29 is 23.5 Å². The molecule has 0 saturated carbocycles. The molecule has 0 unspecified atom stereocenters. The maximum absolute atomic E-state index is 12.2. The maximum Gasteiger partial charge on any atom is 0.411 e. The van der Waals surface area contributed by atoms with Crippen molar-refractivity contribution in [1.29, 1.82) is 0 Å². The molecule has 156 valence electrons. The van der Waals surface area contributed by atoms with Crippen molar-refractivity contribution in [2.45, 2.75) is 32.2 Å². The molecule has 2 aromatic carbocycles. The van der Waals surface area contributed by atoms with Crippen molar-refractivity contribution in [2.75, 3.05) is 19.0 Å². The summed E-state index contributed by atoms with van der Waals surface area (Å²) < 4.78 is 16.2. The lowest BCUT2D eigenvalue weighted by molar-refractivity contribution is -0.123. The standard InChI is InChI=1S/C23H24N2O5/c1-28-23(27)25-16-8-6-15(7-9-16)13-24-22(26)14-29-17-10-11-21-19(12-17)18-4-2-3-5-20(18)30-21/h6-12H,2-5,13-14H2,1H3,(H,24,26)(H,25,27). The number of ether oxygens (including phenoxy) is 2. The molecule has 1 aromatic heterocycles. The Morgan fingerprint density at radius 2 is 1.87 bits per heavy atom. The van der Waals surface area contributed by atoms with E-state index in [9.17, 15) is 9.59 Å². The predicted octanol–water partition coefficient (Wildman–Crippen LogP) is 4.19. The van der Waals surface area contributed by atoms with Gasteiger partial charge in [0.25, 0.3) is 5.91 Å². The molecule has 1 heterocycles. The minimum atomic E-state index is -0.526. The Kier molecular flexibility index (Phi) is 5.88. The molecule has 1 aliphatic carbocycles. The molecule has 2 amide bonds. The highest BCUT2D eigenvalue weighted by Gasteiger charge is 2.18. The molecular weight excluding hydrogens is 384 g/mol. The van der Waals surface area contributed by atoms with E-state index < -0.39 is 6.09 Å². The largest absolute Gasteiger partial charge is 0.484 e. The lowest BCUT2D eigenvalue weighted by Crippen LogP contribution is -2.28. The van der Waals surface area contributed by atoms with Crippen molar-refractivity contribution in [3.63, 3.8) is 0 Å². The fraction of sp³-hybridized carbons (Fsp3) is 0.304. The zero-order chi connectivity index (χ0) is 20.9. The topological polar surface area (TPSA) is 89.8 Å². The molecule has 1 aliphatic rings. The number of amides is 2. The molecule has 0 atom stereocenters. The molecule has 7 heteroatoms. The number of aryl methyl sites for hydroxylation is 2. The second kappa shape index (κ2) is 8.90. The summed E-state index contributed by atoms with van der Waals surface area (Å²) in [5.74, 6) is 1.53. The summed E-state index contributed by atoms with van der Waals surface area (Å²) in [5, 5.41) is 6.49. The van der Waals surface area contributed by atoms with Gasteiger partial charge in [0, 0.05) is 29.6 Å². The van der Waals surface area contributed by atoms with E-state index in [0.29, 0.717) is 18.0 Å². The van der Waals surface area contributed by atoms with Gasteiger partial charge in [0.2, 0.25) is 0 Å². The van der Waals surface area contributed by atoms with Crippen LogP contribution in [0.25, 0.3) is 11.0 Å². The normalized spacial score (nSPS) is 12.8. The van der Waals surface area contributed by atoms with E-state index in [2.05, 4.69) is 15.4 Å². The highest BCUT2D eigenvalue weighted by Crippen LogP contribution is 2.33. The van der Waals surface area contributed by atoms with Crippen molar-refractivity contribution in [2.24, 2.45) is 0 Å². The first-order chi connectivity index (χ1) is 14.6. The minimum Gasteiger partial charge on any atom is -0.484 e. The molecule has 2 N–H and O–H groups in total. The third kappa shape index (κ3) is 4.56. The van der Waals surface area contributed by atoms with Gasteiger partial charge < -0.3 is 19.2 Å². The lowest BCUT2D eigenvalue weighted by atomic mass is 9.96. The fourth-order valence-corrected chi connectivity index (χ4v) is 3.61. The van der Waals surface area contributed by atoms with Crippen LogP contribution in [-0.2, 0) is 28.9 Å². The molecule has 0 fully saturated rings. The number of anilines is 1. The number of carbonyl (C=O) groups excluding carboxylic acids is 2. The number of furan rings is 1. The van der Waals surface area contributed by atoms with Crippen LogP contribution in [0.15, 0.2) is 46.9 Å². The Balaban J connectivity index is 1.29. The summed E-state index contributed by atoms with van der Waals surface area (Å²) in [7, 11) is 1.31. The number of hydrogen-bond acceptors (Lipinski definition) is 5. The molecule has 0 aliphatic heterocycles. The molecule has 30 heavy (non-hydrogen) atoms. The second-order valence-electron chi connectivity index (χ2n) is 7.25. The lowest BCUT2D eigenvalue weighted by Gasteiger charge is -2.10. The van der Waals surface area contributed by atoms with E-state index in [1.54, 1.807) is 12.1 Å². The SMILES string of the molecule is COC(=O)Nc1ccc(CNC(=O)COc2ccc3oc4c(c3c2)CCCC4)cc1. The van der Waals surface area contributed by atoms with Gasteiger partial charge in [-0.3, -0.25) is 10.1 Å². The third-order valence-electron chi connectivity index (χ3n) is 5.17. The Morgan fingerprint density at radius 1 is 1.07 bits per heavy atom. The highest BCUT2D eigenvalue weighted by molar-refractivity contribution is 5.85. The van der Waals surface area contributed by atoms with Gasteiger partial charge >= 0.3 is 6.09 Å². The first-order valence-corrected chi connectivity index (χ1v) is 10.00. The number of rotatable bonds is 6. The quantitative estimate of drug-likeness (QED) is 0.638. The van der Waals surface area contributed by atoms with Crippen LogP contribution in [0.2, 0.25) is 0 Å². The van der Waals surface area contributed by atoms with E-state index in [-0.39, 0.29) is 12.5 Å². The second-order valence-corrected chi connectivity index (χ2v) is 7.25. The fourth-order valence-electron chi connectivity index (χ4n) is 3.61. The average molecular weight is 408 g/mol. The van der Waals surface area contributed by atoms with E-state index in [1.807, 2.05) is 30.3 Å². The molecule has 7 nitrogen and oxygen atoms in total. The highest BCUT2D eigenvalue weighted by atomic mass is 16.5.